The molecule has 8 aromatic rings. The van der Waals surface area contributed by atoms with E-state index in [1.54, 1.807) is 41.0 Å². The van der Waals surface area contributed by atoms with Gasteiger partial charge in [-0.25, -0.2) is 9.37 Å². The zero-order chi connectivity index (χ0) is 65.4. The molecule has 4 fully saturated rings. The van der Waals surface area contributed by atoms with Crippen LogP contribution in [0.15, 0.2) is 103 Å². The van der Waals surface area contributed by atoms with Crippen LogP contribution < -0.4 is 20.7 Å². The minimum absolute atomic E-state index is 0.0244. The number of amides is 7. The molecule has 7 amide bonds. The number of aliphatic carboxylic acids is 1. The van der Waals surface area contributed by atoms with E-state index in [1.165, 1.54) is 22.1 Å². The lowest BCUT2D eigenvalue weighted by atomic mass is 9.85. The highest BCUT2D eigenvalue weighted by Crippen LogP contribution is 2.44. The number of benzene rings is 5. The largest absolute Gasteiger partial charge is 0.480 e. The summed E-state index contributed by atoms with van der Waals surface area (Å²) in [4.78, 5) is 120. The zero-order valence-electron chi connectivity index (χ0n) is 52.0. The molecule has 5 aliphatic heterocycles. The van der Waals surface area contributed by atoms with Gasteiger partial charge in [-0.2, -0.15) is 10.2 Å². The van der Waals surface area contributed by atoms with Gasteiger partial charge in [-0.3, -0.25) is 47.7 Å². The molecule has 8 heterocycles. The van der Waals surface area contributed by atoms with Crippen molar-refractivity contribution in [2.24, 2.45) is 18.9 Å². The second-order valence-corrected chi connectivity index (χ2v) is 26.7. The van der Waals surface area contributed by atoms with Crippen LogP contribution >= 0.6 is 22.9 Å². The monoisotopic (exact) mass is 1310 g/mol. The van der Waals surface area contributed by atoms with Crippen molar-refractivity contribution < 1.29 is 52.6 Å². The highest BCUT2D eigenvalue weighted by Gasteiger charge is 2.49. The molecule has 0 saturated carbocycles. The second kappa shape index (κ2) is 27.0. The summed E-state index contributed by atoms with van der Waals surface area (Å²) in [7, 11) is 1.78. The Morgan fingerprint density at radius 1 is 0.745 bits per heavy atom. The van der Waals surface area contributed by atoms with Gasteiger partial charge >= 0.3 is 5.97 Å². The normalized spacial score (nSPS) is 18.8. The van der Waals surface area contributed by atoms with Crippen molar-refractivity contribution in [2.75, 3.05) is 70.8 Å². The molecule has 5 aromatic carbocycles. The first-order chi connectivity index (χ1) is 45.5. The third-order valence-corrected chi connectivity index (χ3v) is 21.0. The zero-order valence-corrected chi connectivity index (χ0v) is 53.6. The number of carboxylic acids is 1. The van der Waals surface area contributed by atoms with Gasteiger partial charge in [0.2, 0.25) is 35.4 Å². The number of aromatic nitrogens is 5. The Balaban J connectivity index is 0.643. The predicted molar refractivity (Wildman–Crippen MR) is 351 cm³/mol. The number of carbonyl (C=O) groups excluding carboxylic acids is 7. The molecule has 22 nitrogen and oxygen atoms in total. The number of nitrogens with one attached hydrogen (secondary N) is 3. The molecular weight excluding hydrogens is 1240 g/mol. The van der Waals surface area contributed by atoms with Crippen LogP contribution in [0.3, 0.4) is 0 Å². The van der Waals surface area contributed by atoms with Crippen molar-refractivity contribution in [1.29, 1.82) is 0 Å². The summed E-state index contributed by atoms with van der Waals surface area (Å²) in [6, 6.07) is 29.1. The molecule has 2 atom stereocenters. The Hall–Kier alpha value is -9.29. The highest BCUT2D eigenvalue weighted by molar-refractivity contribution is 7.22. The average molecular weight is 1320 g/mol. The number of piperidine rings is 3. The number of likely N-dealkylation sites (tertiary alicyclic amines) is 4. The van der Waals surface area contributed by atoms with Gasteiger partial charge in [0.15, 0.2) is 5.60 Å². The fraction of sp³-hybridized carbons (Fsp3) is 0.406. The van der Waals surface area contributed by atoms with Crippen LogP contribution in [-0.4, -0.2) is 168 Å². The third-order valence-electron chi connectivity index (χ3n) is 19.5. The molecule has 13 rings (SSSR count). The van der Waals surface area contributed by atoms with E-state index in [0.29, 0.717) is 138 Å². The molecular formula is C69H72ClFN12O10S. The molecule has 4 N–H and O–H groups in total. The summed E-state index contributed by atoms with van der Waals surface area (Å²) in [5.74, 6) is -3.95. The number of rotatable bonds is 16. The number of anilines is 1. The minimum Gasteiger partial charge on any atom is -0.480 e. The molecule has 4 saturated heterocycles. The van der Waals surface area contributed by atoms with E-state index >= 15 is 9.18 Å². The lowest BCUT2D eigenvalue weighted by Gasteiger charge is -2.45. The van der Waals surface area contributed by atoms with E-state index in [0.717, 1.165) is 34.1 Å². The maximum Gasteiger partial charge on any atom is 0.322 e. The van der Waals surface area contributed by atoms with Crippen LogP contribution in [0, 0.1) is 17.7 Å². The number of hydrogen-bond donors (Lipinski definition) is 4. The Kier molecular flexibility index (Phi) is 18.2. The van der Waals surface area contributed by atoms with E-state index in [2.05, 4.69) is 21.0 Å². The maximum atomic E-state index is 16.1. The number of carboxylic acid groups (broad SMARTS) is 1. The first kappa shape index (κ1) is 63.5. The molecule has 3 aromatic heterocycles. The van der Waals surface area contributed by atoms with E-state index < -0.39 is 48.2 Å². The van der Waals surface area contributed by atoms with Crippen molar-refractivity contribution in [2.45, 2.75) is 94.6 Å². The third kappa shape index (κ3) is 13.0. The smallest absolute Gasteiger partial charge is 0.322 e. The summed E-state index contributed by atoms with van der Waals surface area (Å²) >= 11 is 8.05. The van der Waals surface area contributed by atoms with Gasteiger partial charge < -0.3 is 45.4 Å². The van der Waals surface area contributed by atoms with Gasteiger partial charge in [-0.1, -0.05) is 60.1 Å². The van der Waals surface area contributed by atoms with Crippen LogP contribution in [0.2, 0.25) is 5.02 Å². The number of nitrogens with zero attached hydrogens (tertiary/aromatic N) is 9. The number of fused-ring (bicyclic) bond motifs is 4. The number of para-hydroxylation sites is 2. The Morgan fingerprint density at radius 2 is 1.46 bits per heavy atom. The van der Waals surface area contributed by atoms with Crippen molar-refractivity contribution in [3.63, 3.8) is 0 Å². The van der Waals surface area contributed by atoms with Gasteiger partial charge in [0, 0.05) is 119 Å². The number of carbonyl (C=O) groups is 8. The Bertz CT molecular complexity index is 4300. The van der Waals surface area contributed by atoms with Gasteiger partial charge in [-0.05, 0) is 111 Å². The van der Waals surface area contributed by atoms with Crippen LogP contribution in [0.5, 0.6) is 5.75 Å². The quantitative estimate of drug-likeness (QED) is 0.0708. The van der Waals surface area contributed by atoms with E-state index in [9.17, 15) is 33.6 Å². The van der Waals surface area contributed by atoms with Crippen LogP contribution in [0.1, 0.15) is 93.7 Å². The van der Waals surface area contributed by atoms with E-state index in [-0.39, 0.29) is 86.2 Å². The summed E-state index contributed by atoms with van der Waals surface area (Å²) in [6.07, 6.45) is 6.62. The second-order valence-electron chi connectivity index (χ2n) is 25.3. The molecule has 1 unspecified atom stereocenters. The van der Waals surface area contributed by atoms with Crippen molar-refractivity contribution >= 4 is 108 Å². The molecule has 0 aliphatic carbocycles. The van der Waals surface area contributed by atoms with E-state index in [1.807, 2.05) is 87.5 Å². The molecule has 94 heavy (non-hydrogen) atoms. The van der Waals surface area contributed by atoms with Crippen molar-refractivity contribution in [3.05, 3.63) is 125 Å². The number of thiazole rings is 1. The van der Waals surface area contributed by atoms with Crippen LogP contribution in [0.4, 0.5) is 10.1 Å². The summed E-state index contributed by atoms with van der Waals surface area (Å²) in [5, 5.41) is 28.5. The van der Waals surface area contributed by atoms with E-state index in [4.69, 9.17) is 31.5 Å². The molecule has 5 aliphatic rings. The first-order valence-corrected chi connectivity index (χ1v) is 33.4. The Morgan fingerprint density at radius 3 is 2.24 bits per heavy atom. The summed E-state index contributed by atoms with van der Waals surface area (Å²) < 4.78 is 27.3. The molecule has 0 bridgehead atoms. The summed E-state index contributed by atoms with van der Waals surface area (Å²) in [6.45, 7) is 1.82. The minimum atomic E-state index is -1.37. The SMILES string of the molecule is Cn1ncc2cc(F)c(-c3cccc4c3c(C3CCN(C(=O)CC5CCCN(C(=O)C6CCN(C(=O)C7(Oc8ccccc8-c8nc9cccc(Cl)c9s8)CCN(C(=O)[C@H]8CC(=O)Nc9ccccc98)CC7)CC6)CC5)CC3)nn4CC(=O)NCC(=O)NCC(=O)O)cc21. The van der Waals surface area contributed by atoms with Gasteiger partial charge in [0.25, 0.3) is 5.91 Å². The molecule has 0 spiro atoms. The van der Waals surface area contributed by atoms with Gasteiger partial charge in [-0.15, -0.1) is 11.3 Å². The van der Waals surface area contributed by atoms with Crippen LogP contribution in [-0.2, 0) is 51.9 Å². The van der Waals surface area contributed by atoms with Crippen molar-refractivity contribution in [1.82, 2.24) is 54.8 Å². The number of ether oxygens (including phenoxy) is 1. The number of hydrogen-bond acceptors (Lipinski definition) is 13. The first-order valence-electron chi connectivity index (χ1n) is 32.2. The lowest BCUT2D eigenvalue weighted by molar-refractivity contribution is -0.158. The summed E-state index contributed by atoms with van der Waals surface area (Å²) in [5.41, 5.74) is 4.35. The van der Waals surface area contributed by atoms with Crippen molar-refractivity contribution in [3.8, 4) is 27.4 Å². The lowest BCUT2D eigenvalue weighted by Crippen LogP contribution is -2.60. The maximum absolute atomic E-state index is 16.1. The van der Waals surface area contributed by atoms with Gasteiger partial charge in [0.1, 0.15) is 29.7 Å². The molecule has 0 radical (unpaired) electrons. The average Bonchev–Trinajstić information content (AvgIpc) is 1.50. The Labute approximate surface area is 549 Å². The number of halogens is 2. The standard InChI is InChI=1S/C69H72ClFN12O10S/c1-78-55-35-48(51(71)34-44(55)37-74-78)46-12-6-16-54-62(46)63(77-83(54)40-59(86)72-38-58(85)73-39-61(88)89)42-19-27-79(28-20-42)60(87)33-41-9-8-25-80(26-18-41)66(90)43-21-29-82(30-22-43)68(92)69(93-56-17-5-3-11-47(56)65-76-53-15-7-13-50(70)64(53)94-65)23-31-81(32-24-69)67(91)49-36-57(84)75-52-14-4-2-10-45(49)52/h2-7,10-17,34-35,37,41-43,49H,8-9,18-33,36,38-40H2,1H3,(H,72,86)(H,73,85)(H,75,84)(H,88,89)/t41?,49-/m0/s1. The molecule has 488 valence electrons. The van der Waals surface area contributed by atoms with Gasteiger partial charge in [0.05, 0.1) is 56.2 Å². The fourth-order valence-electron chi connectivity index (χ4n) is 14.4. The molecule has 25 heteroatoms. The fourth-order valence-corrected chi connectivity index (χ4v) is 15.7. The number of aryl methyl sites for hydroxylation is 1. The highest BCUT2D eigenvalue weighted by atomic mass is 35.5. The topological polar surface area (TPSA) is 264 Å². The predicted octanol–water partition coefficient (Wildman–Crippen LogP) is 8.51. The van der Waals surface area contributed by atoms with Crippen LogP contribution in [0.25, 0.3) is 53.7 Å².